The highest BCUT2D eigenvalue weighted by atomic mass is 16.5. The summed E-state index contributed by atoms with van der Waals surface area (Å²) in [5, 5.41) is 2.54. The van der Waals surface area contributed by atoms with Crippen molar-refractivity contribution in [3.63, 3.8) is 0 Å². The summed E-state index contributed by atoms with van der Waals surface area (Å²) >= 11 is 0. The van der Waals surface area contributed by atoms with Crippen LogP contribution in [0, 0.1) is 5.92 Å². The first kappa shape index (κ1) is 19.6. The molecule has 1 amide bonds. The number of carbonyl (C=O) groups excluding carboxylic acids is 3. The maximum absolute atomic E-state index is 12.0. The number of hydrogen-bond donors (Lipinski definition) is 1. The Morgan fingerprint density at radius 3 is 2.33 bits per heavy atom. The van der Waals surface area contributed by atoms with E-state index in [4.69, 9.17) is 4.74 Å². The van der Waals surface area contributed by atoms with Crippen molar-refractivity contribution in [3.05, 3.63) is 35.9 Å². The zero-order chi connectivity index (χ0) is 17.9. The van der Waals surface area contributed by atoms with Crippen LogP contribution in [0.5, 0.6) is 0 Å². The molecule has 7 nitrogen and oxygen atoms in total. The van der Waals surface area contributed by atoms with E-state index in [2.05, 4.69) is 14.8 Å². The van der Waals surface area contributed by atoms with Gasteiger partial charge >= 0.3 is 11.9 Å². The van der Waals surface area contributed by atoms with Gasteiger partial charge in [0, 0.05) is 0 Å². The number of benzene rings is 1. The van der Waals surface area contributed by atoms with Gasteiger partial charge in [-0.15, -0.1) is 0 Å². The first-order valence-electron chi connectivity index (χ1n) is 7.53. The van der Waals surface area contributed by atoms with E-state index in [0.717, 1.165) is 5.56 Å². The predicted octanol–water partition coefficient (Wildman–Crippen LogP) is 1.06. The fourth-order valence-electron chi connectivity index (χ4n) is 2.08. The number of esters is 2. The van der Waals surface area contributed by atoms with E-state index in [1.165, 1.54) is 14.2 Å². The van der Waals surface area contributed by atoms with Gasteiger partial charge in [0.15, 0.2) is 0 Å². The lowest BCUT2D eigenvalue weighted by atomic mass is 9.98. The fraction of sp³-hybridized carbons (Fsp3) is 0.471. The van der Waals surface area contributed by atoms with Gasteiger partial charge in [0.1, 0.15) is 12.6 Å². The standard InChI is InChI=1S/C17H23NO6/c1-12(9-15(20)22-2)16(17(21)23-3)18-14(19)11-24-10-13-7-5-4-6-8-13/h4-8,12,16H,9-11H2,1-3H3,(H,18,19)/t12-,16+/m1/s1. The first-order valence-corrected chi connectivity index (χ1v) is 7.53. The van der Waals surface area contributed by atoms with Crippen LogP contribution in [0.2, 0.25) is 0 Å². The van der Waals surface area contributed by atoms with E-state index in [1.807, 2.05) is 30.3 Å². The summed E-state index contributed by atoms with van der Waals surface area (Å²) in [5.41, 5.74) is 0.939. The number of hydrogen-bond acceptors (Lipinski definition) is 6. The lowest BCUT2D eigenvalue weighted by Crippen LogP contribution is -2.47. The van der Waals surface area contributed by atoms with Crippen molar-refractivity contribution >= 4 is 17.8 Å². The minimum Gasteiger partial charge on any atom is -0.469 e. The number of rotatable bonds is 9. The van der Waals surface area contributed by atoms with E-state index >= 15 is 0 Å². The lowest BCUT2D eigenvalue weighted by Gasteiger charge is -2.22. The van der Waals surface area contributed by atoms with Gasteiger partial charge in [0.25, 0.3) is 0 Å². The Morgan fingerprint density at radius 2 is 1.75 bits per heavy atom. The number of methoxy groups -OCH3 is 2. The maximum Gasteiger partial charge on any atom is 0.328 e. The summed E-state index contributed by atoms with van der Waals surface area (Å²) in [5.74, 6) is -2.02. The van der Waals surface area contributed by atoms with Gasteiger partial charge in [0.2, 0.25) is 5.91 Å². The molecule has 132 valence electrons. The van der Waals surface area contributed by atoms with E-state index in [0.29, 0.717) is 0 Å². The molecule has 0 bridgehead atoms. The summed E-state index contributed by atoms with van der Waals surface area (Å²) in [7, 11) is 2.48. The highest BCUT2D eigenvalue weighted by molar-refractivity contribution is 5.85. The summed E-state index contributed by atoms with van der Waals surface area (Å²) < 4.78 is 14.6. The van der Waals surface area contributed by atoms with Crippen LogP contribution in [0.15, 0.2) is 30.3 Å². The van der Waals surface area contributed by atoms with Crippen LogP contribution < -0.4 is 5.32 Å². The Bertz CT molecular complexity index is 545. The molecule has 0 fully saturated rings. The molecule has 2 atom stereocenters. The van der Waals surface area contributed by atoms with Gasteiger partial charge in [-0.1, -0.05) is 37.3 Å². The minimum atomic E-state index is -0.943. The molecule has 0 aliphatic heterocycles. The average Bonchev–Trinajstić information content (AvgIpc) is 2.59. The number of nitrogens with one attached hydrogen (secondary N) is 1. The number of carbonyl (C=O) groups is 3. The van der Waals surface area contributed by atoms with E-state index in [1.54, 1.807) is 6.92 Å². The van der Waals surface area contributed by atoms with Crippen molar-refractivity contribution in [2.45, 2.75) is 26.0 Å². The van der Waals surface area contributed by atoms with E-state index in [-0.39, 0.29) is 19.6 Å². The SMILES string of the molecule is COC(=O)C[C@@H](C)[C@H](NC(=O)COCc1ccccc1)C(=O)OC. The predicted molar refractivity (Wildman–Crippen MR) is 85.8 cm³/mol. The third kappa shape index (κ3) is 6.78. The van der Waals surface area contributed by atoms with Crippen molar-refractivity contribution in [3.8, 4) is 0 Å². The van der Waals surface area contributed by atoms with Crippen molar-refractivity contribution in [1.29, 1.82) is 0 Å². The summed E-state index contributed by atoms with van der Waals surface area (Å²) in [6.45, 7) is 1.74. The molecule has 0 aliphatic carbocycles. The molecular formula is C17H23NO6. The number of ether oxygens (including phenoxy) is 3. The zero-order valence-electron chi connectivity index (χ0n) is 14.1. The Kier molecular flexibility index (Phi) is 8.49. The molecule has 24 heavy (non-hydrogen) atoms. The summed E-state index contributed by atoms with van der Waals surface area (Å²) in [4.78, 5) is 35.1. The molecule has 0 heterocycles. The van der Waals surface area contributed by atoms with Gasteiger partial charge in [-0.3, -0.25) is 9.59 Å². The molecule has 1 aromatic rings. The molecule has 0 aliphatic rings. The van der Waals surface area contributed by atoms with Crippen LogP contribution in [0.25, 0.3) is 0 Å². The van der Waals surface area contributed by atoms with Crippen molar-refractivity contribution in [2.24, 2.45) is 5.92 Å². The van der Waals surface area contributed by atoms with E-state index in [9.17, 15) is 14.4 Å². The monoisotopic (exact) mass is 337 g/mol. The second kappa shape index (κ2) is 10.4. The van der Waals surface area contributed by atoms with Crippen molar-refractivity contribution < 1.29 is 28.6 Å². The second-order valence-corrected chi connectivity index (χ2v) is 5.30. The average molecular weight is 337 g/mol. The maximum atomic E-state index is 12.0. The van der Waals surface area contributed by atoms with Gasteiger partial charge in [-0.05, 0) is 11.5 Å². The molecule has 1 N–H and O–H groups in total. The van der Waals surface area contributed by atoms with E-state index < -0.39 is 29.8 Å². The third-order valence-corrected chi connectivity index (χ3v) is 3.40. The molecule has 0 saturated heterocycles. The van der Waals surface area contributed by atoms with Gasteiger partial charge in [0.05, 0.1) is 27.2 Å². The van der Waals surface area contributed by atoms with Crippen molar-refractivity contribution in [2.75, 3.05) is 20.8 Å². The minimum absolute atomic E-state index is 0.0125. The van der Waals surface area contributed by atoms with Crippen LogP contribution in [0.1, 0.15) is 18.9 Å². The van der Waals surface area contributed by atoms with Crippen LogP contribution in [-0.4, -0.2) is 44.7 Å². The molecule has 1 rings (SSSR count). The zero-order valence-corrected chi connectivity index (χ0v) is 14.1. The normalized spacial score (nSPS) is 12.8. The molecule has 0 saturated carbocycles. The largest absolute Gasteiger partial charge is 0.469 e. The first-order chi connectivity index (χ1) is 11.5. The second-order valence-electron chi connectivity index (χ2n) is 5.30. The Balaban J connectivity index is 2.51. The van der Waals surface area contributed by atoms with Crippen LogP contribution in [-0.2, 0) is 35.2 Å². The number of amides is 1. The quantitative estimate of drug-likeness (QED) is 0.678. The molecular weight excluding hydrogens is 314 g/mol. The molecule has 7 heteroatoms. The molecule has 0 unspecified atom stereocenters. The highest BCUT2D eigenvalue weighted by Gasteiger charge is 2.29. The van der Waals surface area contributed by atoms with Gasteiger partial charge in [-0.25, -0.2) is 4.79 Å². The lowest BCUT2D eigenvalue weighted by molar-refractivity contribution is -0.149. The van der Waals surface area contributed by atoms with Crippen molar-refractivity contribution in [1.82, 2.24) is 5.32 Å². The Morgan fingerprint density at radius 1 is 1.08 bits per heavy atom. The Labute approximate surface area is 141 Å². The summed E-state index contributed by atoms with van der Waals surface area (Å²) in [6, 6.07) is 8.46. The van der Waals surface area contributed by atoms with Crippen LogP contribution in [0.4, 0.5) is 0 Å². The van der Waals surface area contributed by atoms with Crippen LogP contribution >= 0.6 is 0 Å². The molecule has 1 aromatic carbocycles. The molecule has 0 radical (unpaired) electrons. The fourth-order valence-corrected chi connectivity index (χ4v) is 2.08. The van der Waals surface area contributed by atoms with Crippen LogP contribution in [0.3, 0.4) is 0 Å². The molecule has 0 aromatic heterocycles. The third-order valence-electron chi connectivity index (χ3n) is 3.40. The Hall–Kier alpha value is -2.41. The molecule has 0 spiro atoms. The summed E-state index contributed by atoms with van der Waals surface area (Å²) in [6.07, 6.45) is -0.0125. The smallest absolute Gasteiger partial charge is 0.328 e. The highest BCUT2D eigenvalue weighted by Crippen LogP contribution is 2.11. The topological polar surface area (TPSA) is 90.9 Å². The van der Waals surface area contributed by atoms with Gasteiger partial charge in [-0.2, -0.15) is 0 Å². The van der Waals surface area contributed by atoms with Gasteiger partial charge < -0.3 is 19.5 Å².